The minimum atomic E-state index is 0.134. The number of aryl methyl sites for hydroxylation is 1. The fourth-order valence-corrected chi connectivity index (χ4v) is 2.19. The second kappa shape index (κ2) is 4.68. The quantitative estimate of drug-likeness (QED) is 0.806. The van der Waals surface area contributed by atoms with Crippen LogP contribution in [0.3, 0.4) is 0 Å². The first-order chi connectivity index (χ1) is 7.68. The normalized spacial score (nSPS) is 17.4. The topological polar surface area (TPSA) is 57.8 Å². The molecule has 0 radical (unpaired) electrons. The number of anilines is 1. The van der Waals surface area contributed by atoms with Crippen LogP contribution in [-0.4, -0.2) is 16.1 Å². The van der Waals surface area contributed by atoms with Gasteiger partial charge in [-0.15, -0.1) is 0 Å². The van der Waals surface area contributed by atoms with Crippen molar-refractivity contribution in [3.05, 3.63) is 11.3 Å². The van der Waals surface area contributed by atoms with Gasteiger partial charge in [-0.25, -0.2) is 0 Å². The molecule has 16 heavy (non-hydrogen) atoms. The first-order valence-electron chi connectivity index (χ1n) is 6.01. The van der Waals surface area contributed by atoms with Gasteiger partial charge in [-0.1, -0.05) is 19.3 Å². The summed E-state index contributed by atoms with van der Waals surface area (Å²) in [6, 6.07) is 0. The summed E-state index contributed by atoms with van der Waals surface area (Å²) in [5.41, 5.74) is 2.04. The van der Waals surface area contributed by atoms with E-state index in [4.69, 9.17) is 0 Å². The zero-order chi connectivity index (χ0) is 11.5. The smallest absolute Gasteiger partial charge is 0.228 e. The van der Waals surface area contributed by atoms with Gasteiger partial charge in [0.05, 0.1) is 0 Å². The summed E-state index contributed by atoms with van der Waals surface area (Å²) in [6.07, 6.45) is 5.67. The van der Waals surface area contributed by atoms with E-state index in [1.807, 2.05) is 13.8 Å². The summed E-state index contributed by atoms with van der Waals surface area (Å²) >= 11 is 0. The molecule has 0 spiro atoms. The number of hydrogen-bond donors (Lipinski definition) is 2. The largest absolute Gasteiger partial charge is 0.309 e. The first-order valence-corrected chi connectivity index (χ1v) is 6.01. The molecule has 0 unspecified atom stereocenters. The predicted octanol–water partition coefficient (Wildman–Crippen LogP) is 2.55. The van der Waals surface area contributed by atoms with Crippen molar-refractivity contribution in [3.63, 3.8) is 0 Å². The Labute approximate surface area is 95.8 Å². The molecule has 4 heteroatoms. The van der Waals surface area contributed by atoms with Crippen molar-refractivity contribution in [2.75, 3.05) is 5.32 Å². The number of carbonyl (C=O) groups is 1. The Morgan fingerprint density at radius 2 is 2.00 bits per heavy atom. The lowest BCUT2D eigenvalue weighted by atomic mass is 9.89. The molecule has 2 rings (SSSR count). The summed E-state index contributed by atoms with van der Waals surface area (Å²) in [7, 11) is 0. The van der Waals surface area contributed by atoms with Gasteiger partial charge in [-0.2, -0.15) is 5.10 Å². The van der Waals surface area contributed by atoms with Crippen molar-refractivity contribution in [2.45, 2.75) is 46.0 Å². The third-order valence-corrected chi connectivity index (χ3v) is 3.47. The number of carbonyl (C=O) groups excluding carboxylic acids is 1. The number of nitrogens with one attached hydrogen (secondary N) is 2. The van der Waals surface area contributed by atoms with Crippen LogP contribution in [0.2, 0.25) is 0 Å². The number of nitrogens with zero attached hydrogens (tertiary/aromatic N) is 1. The highest BCUT2D eigenvalue weighted by molar-refractivity contribution is 5.92. The molecule has 4 nitrogen and oxygen atoms in total. The summed E-state index contributed by atoms with van der Waals surface area (Å²) in [5.74, 6) is 1.01. The molecule has 0 saturated heterocycles. The van der Waals surface area contributed by atoms with Crippen LogP contribution in [0.1, 0.15) is 43.4 Å². The average Bonchev–Trinajstić information content (AvgIpc) is 2.62. The molecule has 1 saturated carbocycles. The van der Waals surface area contributed by atoms with Gasteiger partial charge in [-0.05, 0) is 26.7 Å². The summed E-state index contributed by atoms with van der Waals surface area (Å²) in [5, 5.41) is 9.89. The maximum atomic E-state index is 12.0. The molecule has 1 amide bonds. The Bertz CT molecular complexity index is 378. The van der Waals surface area contributed by atoms with Crippen molar-refractivity contribution >= 4 is 11.7 Å². The Hall–Kier alpha value is -1.32. The van der Waals surface area contributed by atoms with Crippen molar-refractivity contribution in [1.29, 1.82) is 0 Å². The maximum Gasteiger partial charge on any atom is 0.228 e. The van der Waals surface area contributed by atoms with Gasteiger partial charge in [-0.3, -0.25) is 9.89 Å². The van der Waals surface area contributed by atoms with Gasteiger partial charge >= 0.3 is 0 Å². The minimum absolute atomic E-state index is 0.134. The summed E-state index contributed by atoms with van der Waals surface area (Å²) in [4.78, 5) is 12.0. The number of amides is 1. The lowest BCUT2D eigenvalue weighted by Gasteiger charge is -2.20. The van der Waals surface area contributed by atoms with E-state index < -0.39 is 0 Å². The van der Waals surface area contributed by atoms with E-state index in [9.17, 15) is 4.79 Å². The lowest BCUT2D eigenvalue weighted by Crippen LogP contribution is -2.25. The van der Waals surface area contributed by atoms with E-state index in [1.54, 1.807) is 0 Å². The van der Waals surface area contributed by atoms with Crippen LogP contribution in [0, 0.1) is 19.8 Å². The molecule has 0 aromatic carbocycles. The van der Waals surface area contributed by atoms with Crippen LogP contribution < -0.4 is 5.32 Å². The van der Waals surface area contributed by atoms with E-state index in [0.29, 0.717) is 5.82 Å². The Morgan fingerprint density at radius 3 is 2.56 bits per heavy atom. The standard InChI is InChI=1S/C12H19N3O/c1-8-9(2)14-15-11(8)13-12(16)10-6-4-3-5-7-10/h10H,3-7H2,1-2H3,(H2,13,14,15,16). The Balaban J connectivity index is 1.98. The zero-order valence-electron chi connectivity index (χ0n) is 9.97. The second-order valence-corrected chi connectivity index (χ2v) is 4.65. The van der Waals surface area contributed by atoms with Gasteiger partial charge < -0.3 is 5.32 Å². The fourth-order valence-electron chi connectivity index (χ4n) is 2.19. The fraction of sp³-hybridized carbons (Fsp3) is 0.667. The number of aromatic nitrogens is 2. The van der Waals surface area contributed by atoms with Crippen LogP contribution >= 0.6 is 0 Å². The minimum Gasteiger partial charge on any atom is -0.309 e. The highest BCUT2D eigenvalue weighted by atomic mass is 16.1. The molecule has 1 aliphatic rings. The average molecular weight is 221 g/mol. The molecule has 1 aromatic rings. The maximum absolute atomic E-state index is 12.0. The molecule has 88 valence electrons. The second-order valence-electron chi connectivity index (χ2n) is 4.65. The van der Waals surface area contributed by atoms with E-state index in [0.717, 1.165) is 24.1 Å². The predicted molar refractivity (Wildman–Crippen MR) is 63.3 cm³/mol. The summed E-state index contributed by atoms with van der Waals surface area (Å²) in [6.45, 7) is 3.92. The molecule has 0 bridgehead atoms. The van der Waals surface area contributed by atoms with Crippen LogP contribution in [0.15, 0.2) is 0 Å². The van der Waals surface area contributed by atoms with Crippen LogP contribution in [0.4, 0.5) is 5.82 Å². The third-order valence-electron chi connectivity index (χ3n) is 3.47. The zero-order valence-corrected chi connectivity index (χ0v) is 9.97. The number of aromatic amines is 1. The Morgan fingerprint density at radius 1 is 1.31 bits per heavy atom. The third kappa shape index (κ3) is 2.26. The molecular weight excluding hydrogens is 202 g/mol. The molecule has 1 aromatic heterocycles. The molecule has 2 N–H and O–H groups in total. The Kier molecular flexibility index (Phi) is 3.27. The van der Waals surface area contributed by atoms with Gasteiger partial charge in [0.15, 0.2) is 5.82 Å². The molecule has 0 atom stereocenters. The molecule has 1 heterocycles. The number of rotatable bonds is 2. The van der Waals surface area contributed by atoms with Gasteiger partial charge in [0.25, 0.3) is 0 Å². The van der Waals surface area contributed by atoms with E-state index >= 15 is 0 Å². The van der Waals surface area contributed by atoms with Crippen molar-refractivity contribution in [2.24, 2.45) is 5.92 Å². The monoisotopic (exact) mass is 221 g/mol. The highest BCUT2D eigenvalue weighted by Gasteiger charge is 2.22. The van der Waals surface area contributed by atoms with E-state index in [-0.39, 0.29) is 11.8 Å². The van der Waals surface area contributed by atoms with Gasteiger partial charge in [0, 0.05) is 17.2 Å². The highest BCUT2D eigenvalue weighted by Crippen LogP contribution is 2.25. The van der Waals surface area contributed by atoms with Crippen LogP contribution in [0.5, 0.6) is 0 Å². The lowest BCUT2D eigenvalue weighted by molar-refractivity contribution is -0.120. The van der Waals surface area contributed by atoms with E-state index in [1.165, 1.54) is 19.3 Å². The van der Waals surface area contributed by atoms with Crippen molar-refractivity contribution < 1.29 is 4.79 Å². The van der Waals surface area contributed by atoms with Gasteiger partial charge in [0.1, 0.15) is 0 Å². The van der Waals surface area contributed by atoms with Crippen molar-refractivity contribution in [3.8, 4) is 0 Å². The SMILES string of the molecule is Cc1[nH]nc(NC(=O)C2CCCCC2)c1C. The summed E-state index contributed by atoms with van der Waals surface area (Å²) < 4.78 is 0. The molecule has 1 aliphatic carbocycles. The van der Waals surface area contributed by atoms with Crippen LogP contribution in [0.25, 0.3) is 0 Å². The van der Waals surface area contributed by atoms with E-state index in [2.05, 4.69) is 15.5 Å². The molecule has 1 fully saturated rings. The van der Waals surface area contributed by atoms with Gasteiger partial charge in [0.2, 0.25) is 5.91 Å². The first kappa shape index (κ1) is 11.2. The molecular formula is C12H19N3O. The number of H-pyrrole nitrogens is 1. The van der Waals surface area contributed by atoms with Crippen LogP contribution in [-0.2, 0) is 4.79 Å². The van der Waals surface area contributed by atoms with Crippen molar-refractivity contribution in [1.82, 2.24) is 10.2 Å². The number of hydrogen-bond acceptors (Lipinski definition) is 2. The molecule has 0 aliphatic heterocycles.